The summed E-state index contributed by atoms with van der Waals surface area (Å²) in [5.74, 6) is -0.0283. The minimum atomic E-state index is -0.367. The molecule has 0 heterocycles. The van der Waals surface area contributed by atoms with E-state index in [4.69, 9.17) is 10.5 Å². The molecule has 3 heteroatoms. The van der Waals surface area contributed by atoms with Crippen LogP contribution in [0.1, 0.15) is 129 Å². The molecule has 0 amide bonds. The number of hydrogen-bond acceptors (Lipinski definition) is 3. The maximum absolute atomic E-state index is 12.4. The molecule has 0 spiro atoms. The van der Waals surface area contributed by atoms with Crippen molar-refractivity contribution in [1.29, 1.82) is 0 Å². The fraction of sp³-hybridized carbons (Fsp3) is 0.958. The summed E-state index contributed by atoms with van der Waals surface area (Å²) in [6.07, 6.45) is 24.2. The van der Waals surface area contributed by atoms with E-state index in [-0.39, 0.29) is 11.4 Å². The first-order valence-corrected chi connectivity index (χ1v) is 12.1. The average molecular weight is 382 g/mol. The minimum Gasteiger partial charge on any atom is -0.465 e. The molecule has 1 rings (SSSR count). The van der Waals surface area contributed by atoms with Gasteiger partial charge in [-0.3, -0.25) is 4.79 Å². The van der Waals surface area contributed by atoms with Crippen LogP contribution in [-0.4, -0.2) is 19.1 Å². The van der Waals surface area contributed by atoms with E-state index in [1.54, 1.807) is 0 Å². The van der Waals surface area contributed by atoms with E-state index >= 15 is 0 Å². The Balaban J connectivity index is 1.85. The van der Waals surface area contributed by atoms with Crippen LogP contribution in [0.15, 0.2) is 0 Å². The Bertz CT molecular complexity index is 350. The monoisotopic (exact) mass is 381 g/mol. The van der Waals surface area contributed by atoms with E-state index in [0.717, 1.165) is 32.1 Å². The van der Waals surface area contributed by atoms with Crippen molar-refractivity contribution >= 4 is 5.97 Å². The molecule has 0 unspecified atom stereocenters. The third-order valence-corrected chi connectivity index (χ3v) is 6.37. The maximum atomic E-state index is 12.4. The lowest BCUT2D eigenvalue weighted by molar-refractivity contribution is -0.157. The van der Waals surface area contributed by atoms with Gasteiger partial charge in [-0.15, -0.1) is 0 Å². The van der Waals surface area contributed by atoms with Gasteiger partial charge in [0, 0.05) is 6.54 Å². The molecule has 0 aliphatic heterocycles. The van der Waals surface area contributed by atoms with Crippen LogP contribution in [0, 0.1) is 5.41 Å². The third kappa shape index (κ3) is 11.1. The highest BCUT2D eigenvalue weighted by Gasteiger charge is 2.39. The summed E-state index contributed by atoms with van der Waals surface area (Å²) in [6.45, 7) is 3.31. The van der Waals surface area contributed by atoms with Crippen LogP contribution < -0.4 is 5.73 Å². The lowest BCUT2D eigenvalue weighted by Gasteiger charge is -2.33. The Hall–Kier alpha value is -0.570. The molecular formula is C24H47NO2. The van der Waals surface area contributed by atoms with Crippen molar-refractivity contribution in [3.8, 4) is 0 Å². The van der Waals surface area contributed by atoms with E-state index in [0.29, 0.717) is 13.2 Å². The average Bonchev–Trinajstić information content (AvgIpc) is 2.71. The summed E-state index contributed by atoms with van der Waals surface area (Å²) in [4.78, 5) is 12.4. The number of nitrogens with two attached hydrogens (primary N) is 1. The normalized spacial score (nSPS) is 16.4. The Kier molecular flexibility index (Phi) is 14.9. The van der Waals surface area contributed by atoms with Crippen molar-refractivity contribution in [2.24, 2.45) is 11.1 Å². The van der Waals surface area contributed by atoms with Crippen molar-refractivity contribution in [2.45, 2.75) is 129 Å². The summed E-state index contributed by atoms with van der Waals surface area (Å²) in [5.41, 5.74) is 5.53. The predicted octanol–water partition coefficient (Wildman–Crippen LogP) is 6.92. The van der Waals surface area contributed by atoms with Gasteiger partial charge in [0.2, 0.25) is 0 Å². The summed E-state index contributed by atoms with van der Waals surface area (Å²) >= 11 is 0. The lowest BCUT2D eigenvalue weighted by atomic mass is 9.74. The molecule has 3 nitrogen and oxygen atoms in total. The molecule has 1 saturated carbocycles. The number of ether oxygens (including phenoxy) is 1. The van der Waals surface area contributed by atoms with Crippen molar-refractivity contribution in [1.82, 2.24) is 0 Å². The smallest absolute Gasteiger partial charge is 0.313 e. The highest BCUT2D eigenvalue weighted by Crippen LogP contribution is 2.36. The van der Waals surface area contributed by atoms with Gasteiger partial charge in [0.05, 0.1) is 12.0 Å². The van der Waals surface area contributed by atoms with Crippen LogP contribution in [0.2, 0.25) is 0 Å². The minimum absolute atomic E-state index is 0.0283. The fourth-order valence-corrected chi connectivity index (χ4v) is 4.33. The van der Waals surface area contributed by atoms with Crippen molar-refractivity contribution in [3.63, 3.8) is 0 Å². The van der Waals surface area contributed by atoms with E-state index in [9.17, 15) is 4.79 Å². The molecule has 0 radical (unpaired) electrons. The fourth-order valence-electron chi connectivity index (χ4n) is 4.33. The molecule has 1 aliphatic carbocycles. The summed E-state index contributed by atoms with van der Waals surface area (Å²) in [6, 6.07) is 0. The zero-order valence-corrected chi connectivity index (χ0v) is 18.2. The number of esters is 1. The first kappa shape index (κ1) is 24.5. The molecule has 0 atom stereocenters. The zero-order chi connectivity index (χ0) is 19.6. The molecule has 0 bridgehead atoms. The first-order valence-electron chi connectivity index (χ1n) is 12.1. The van der Waals surface area contributed by atoms with E-state index < -0.39 is 0 Å². The van der Waals surface area contributed by atoms with E-state index in [1.807, 2.05) is 0 Å². The zero-order valence-electron chi connectivity index (χ0n) is 18.2. The second kappa shape index (κ2) is 16.4. The van der Waals surface area contributed by atoms with Gasteiger partial charge in [-0.2, -0.15) is 0 Å². The second-order valence-corrected chi connectivity index (χ2v) is 8.78. The number of carbonyl (C=O) groups is 1. The van der Waals surface area contributed by atoms with Crippen molar-refractivity contribution < 1.29 is 9.53 Å². The number of rotatable bonds is 17. The maximum Gasteiger partial charge on any atom is 0.313 e. The van der Waals surface area contributed by atoms with Crippen LogP contribution in [0.4, 0.5) is 0 Å². The van der Waals surface area contributed by atoms with Gasteiger partial charge in [0.15, 0.2) is 0 Å². The molecule has 27 heavy (non-hydrogen) atoms. The Morgan fingerprint density at radius 3 is 1.63 bits per heavy atom. The first-order chi connectivity index (χ1) is 13.2. The van der Waals surface area contributed by atoms with Gasteiger partial charge in [0.1, 0.15) is 0 Å². The number of carbonyl (C=O) groups excluding carboxylic acids is 1. The molecule has 0 aromatic rings. The highest BCUT2D eigenvalue weighted by atomic mass is 16.5. The standard InChI is InChI=1S/C24H47NO2/c1-2-3-4-5-6-7-8-9-10-11-12-13-14-18-21-27-23(26)24(22-25)19-16-15-17-20-24/h2-22,25H2,1H3. The Morgan fingerprint density at radius 2 is 1.19 bits per heavy atom. The van der Waals surface area contributed by atoms with E-state index in [1.165, 1.54) is 89.9 Å². The molecule has 0 saturated heterocycles. The molecule has 1 fully saturated rings. The van der Waals surface area contributed by atoms with Gasteiger partial charge in [-0.1, -0.05) is 110 Å². The van der Waals surface area contributed by atoms with Crippen molar-refractivity contribution in [3.05, 3.63) is 0 Å². The molecule has 2 N–H and O–H groups in total. The topological polar surface area (TPSA) is 52.3 Å². The van der Waals surface area contributed by atoms with Gasteiger partial charge < -0.3 is 10.5 Å². The van der Waals surface area contributed by atoms with Crippen LogP contribution in [-0.2, 0) is 9.53 Å². The van der Waals surface area contributed by atoms with Gasteiger partial charge in [0.25, 0.3) is 0 Å². The molecule has 1 aliphatic rings. The van der Waals surface area contributed by atoms with E-state index in [2.05, 4.69) is 6.92 Å². The highest BCUT2D eigenvalue weighted by molar-refractivity contribution is 5.77. The van der Waals surface area contributed by atoms with Crippen molar-refractivity contribution in [2.75, 3.05) is 13.2 Å². The number of unbranched alkanes of at least 4 members (excludes halogenated alkanes) is 13. The largest absolute Gasteiger partial charge is 0.465 e. The molecule has 0 aromatic carbocycles. The summed E-state index contributed by atoms with van der Waals surface area (Å²) in [7, 11) is 0. The number of hydrogen-bond donors (Lipinski definition) is 1. The molecular weight excluding hydrogens is 334 g/mol. The second-order valence-electron chi connectivity index (χ2n) is 8.78. The Labute approximate surface area is 169 Å². The lowest BCUT2D eigenvalue weighted by Crippen LogP contribution is -2.41. The summed E-state index contributed by atoms with van der Waals surface area (Å²) in [5, 5.41) is 0. The van der Waals surface area contributed by atoms with Gasteiger partial charge >= 0.3 is 5.97 Å². The Morgan fingerprint density at radius 1 is 0.741 bits per heavy atom. The summed E-state index contributed by atoms with van der Waals surface area (Å²) < 4.78 is 5.56. The van der Waals surface area contributed by atoms with Crippen LogP contribution in [0.5, 0.6) is 0 Å². The van der Waals surface area contributed by atoms with Crippen LogP contribution in [0.25, 0.3) is 0 Å². The van der Waals surface area contributed by atoms with Crippen LogP contribution in [0.3, 0.4) is 0 Å². The van der Waals surface area contributed by atoms with Crippen LogP contribution >= 0.6 is 0 Å². The molecule has 160 valence electrons. The quantitative estimate of drug-likeness (QED) is 0.220. The SMILES string of the molecule is CCCCCCCCCCCCCCCCOC(=O)C1(CN)CCCCC1. The van der Waals surface area contributed by atoms with Gasteiger partial charge in [-0.25, -0.2) is 0 Å². The molecule has 0 aromatic heterocycles. The van der Waals surface area contributed by atoms with Gasteiger partial charge in [-0.05, 0) is 19.3 Å². The predicted molar refractivity (Wildman–Crippen MR) is 116 cm³/mol. The third-order valence-electron chi connectivity index (χ3n) is 6.37.